The lowest BCUT2D eigenvalue weighted by Gasteiger charge is -2.18. The Balaban J connectivity index is 2.59. The molecule has 4 heteroatoms. The van der Waals surface area contributed by atoms with E-state index < -0.39 is 0 Å². The molecule has 0 aromatic carbocycles. The number of nitrogens with zero attached hydrogens (tertiary/aromatic N) is 1. The average Bonchev–Trinajstić information content (AvgIpc) is 2.28. The van der Waals surface area contributed by atoms with E-state index in [4.69, 9.17) is 5.73 Å². The second-order valence-corrected chi connectivity index (χ2v) is 2.82. The quantitative estimate of drug-likeness (QED) is 0.537. The topological polar surface area (TPSA) is 63.4 Å². The van der Waals surface area contributed by atoms with E-state index in [1.54, 1.807) is 0 Å². The van der Waals surface area contributed by atoms with Gasteiger partial charge in [0.2, 0.25) is 5.91 Å². The second kappa shape index (κ2) is 3.00. The molecule has 1 heterocycles. The van der Waals surface area contributed by atoms with Crippen molar-refractivity contribution in [2.24, 2.45) is 5.73 Å². The van der Waals surface area contributed by atoms with Crippen molar-refractivity contribution < 1.29 is 9.59 Å². The first-order valence-corrected chi connectivity index (χ1v) is 3.66. The van der Waals surface area contributed by atoms with Gasteiger partial charge in [0.05, 0.1) is 13.1 Å². The summed E-state index contributed by atoms with van der Waals surface area (Å²) in [5, 5.41) is 0. The zero-order valence-electron chi connectivity index (χ0n) is 6.54. The van der Waals surface area contributed by atoms with Gasteiger partial charge in [-0.15, -0.1) is 0 Å². The third-order valence-electron chi connectivity index (χ3n) is 1.90. The predicted molar refractivity (Wildman–Crippen MR) is 39.9 cm³/mol. The van der Waals surface area contributed by atoms with E-state index in [0.29, 0.717) is 6.42 Å². The number of carbonyl (C=O) groups is 2. The molecule has 0 aliphatic carbocycles. The van der Waals surface area contributed by atoms with E-state index in [-0.39, 0.29) is 30.8 Å². The Bertz CT molecular complexity index is 191. The summed E-state index contributed by atoms with van der Waals surface area (Å²) in [5.41, 5.74) is 5.16. The fourth-order valence-corrected chi connectivity index (χ4v) is 1.30. The first-order valence-electron chi connectivity index (χ1n) is 3.66. The lowest BCUT2D eigenvalue weighted by atomic mass is 10.2. The molecule has 1 atom stereocenters. The molecule has 62 valence electrons. The first-order chi connectivity index (χ1) is 5.15. The van der Waals surface area contributed by atoms with E-state index in [9.17, 15) is 9.59 Å². The van der Waals surface area contributed by atoms with Crippen molar-refractivity contribution in [3.8, 4) is 0 Å². The summed E-state index contributed by atoms with van der Waals surface area (Å²) >= 11 is 0. The molecule has 1 fully saturated rings. The van der Waals surface area contributed by atoms with E-state index in [0.717, 1.165) is 0 Å². The Morgan fingerprint density at radius 2 is 2.45 bits per heavy atom. The molecule has 0 radical (unpaired) electrons. The maximum absolute atomic E-state index is 11.0. The van der Waals surface area contributed by atoms with Crippen LogP contribution < -0.4 is 5.73 Å². The molecular formula is C7H12N2O2. The minimum absolute atomic E-state index is 0.00236. The Hall–Kier alpha value is -0.900. The Morgan fingerprint density at radius 1 is 1.82 bits per heavy atom. The van der Waals surface area contributed by atoms with Gasteiger partial charge in [0.25, 0.3) is 0 Å². The molecular weight excluding hydrogens is 144 g/mol. The van der Waals surface area contributed by atoms with Crippen LogP contribution in [0.3, 0.4) is 0 Å². The van der Waals surface area contributed by atoms with Crippen LogP contribution in [0.2, 0.25) is 0 Å². The molecule has 0 aromatic heterocycles. The minimum Gasteiger partial charge on any atom is -0.331 e. The zero-order chi connectivity index (χ0) is 8.43. The minimum atomic E-state index is -0.136. The van der Waals surface area contributed by atoms with Gasteiger partial charge in [-0.3, -0.25) is 9.59 Å². The molecule has 1 rings (SSSR count). The highest BCUT2D eigenvalue weighted by atomic mass is 16.2. The van der Waals surface area contributed by atoms with Gasteiger partial charge in [0.1, 0.15) is 0 Å². The standard InChI is InChI=1S/C7H12N2O2/c1-5-2-6(10)4-9(5)7(11)3-8/h5H,2-4,8H2,1H3/t5-/m1/s1. The molecule has 4 nitrogen and oxygen atoms in total. The summed E-state index contributed by atoms with van der Waals surface area (Å²) in [7, 11) is 0. The van der Waals surface area contributed by atoms with Gasteiger partial charge in [-0.05, 0) is 6.92 Å². The molecule has 0 unspecified atom stereocenters. The molecule has 0 spiro atoms. The van der Waals surface area contributed by atoms with E-state index in [2.05, 4.69) is 0 Å². The van der Waals surface area contributed by atoms with Gasteiger partial charge < -0.3 is 10.6 Å². The summed E-state index contributed by atoms with van der Waals surface area (Å²) in [4.78, 5) is 23.4. The second-order valence-electron chi connectivity index (χ2n) is 2.82. The van der Waals surface area contributed by atoms with Crippen LogP contribution in [0.1, 0.15) is 13.3 Å². The van der Waals surface area contributed by atoms with E-state index in [1.807, 2.05) is 6.92 Å². The molecule has 0 saturated carbocycles. The number of ketones is 1. The largest absolute Gasteiger partial charge is 0.331 e. The van der Waals surface area contributed by atoms with Crippen LogP contribution in [0.25, 0.3) is 0 Å². The summed E-state index contributed by atoms with van der Waals surface area (Å²) < 4.78 is 0. The lowest BCUT2D eigenvalue weighted by Crippen LogP contribution is -2.38. The third kappa shape index (κ3) is 1.57. The Morgan fingerprint density at radius 3 is 2.82 bits per heavy atom. The van der Waals surface area contributed by atoms with Crippen molar-refractivity contribution in [1.29, 1.82) is 0 Å². The van der Waals surface area contributed by atoms with Crippen LogP contribution >= 0.6 is 0 Å². The smallest absolute Gasteiger partial charge is 0.236 e. The molecule has 0 bridgehead atoms. The fraction of sp³-hybridized carbons (Fsp3) is 0.714. The van der Waals surface area contributed by atoms with Crippen LogP contribution in [0, 0.1) is 0 Å². The van der Waals surface area contributed by atoms with Crippen molar-refractivity contribution >= 4 is 11.7 Å². The molecule has 1 saturated heterocycles. The molecule has 1 aliphatic rings. The van der Waals surface area contributed by atoms with Gasteiger partial charge >= 0.3 is 0 Å². The number of hydrogen-bond donors (Lipinski definition) is 1. The first kappa shape index (κ1) is 8.20. The van der Waals surface area contributed by atoms with Gasteiger partial charge in [-0.2, -0.15) is 0 Å². The summed E-state index contributed by atoms with van der Waals surface area (Å²) in [6.45, 7) is 2.10. The SMILES string of the molecule is C[C@@H]1CC(=O)CN1C(=O)CN. The van der Waals surface area contributed by atoms with Gasteiger partial charge in [0.15, 0.2) is 5.78 Å². The Kier molecular flexibility index (Phi) is 2.24. The Labute approximate surface area is 65.3 Å². The third-order valence-corrected chi connectivity index (χ3v) is 1.90. The van der Waals surface area contributed by atoms with E-state index >= 15 is 0 Å². The van der Waals surface area contributed by atoms with Crippen LogP contribution in [0.5, 0.6) is 0 Å². The fourth-order valence-electron chi connectivity index (χ4n) is 1.30. The number of nitrogens with two attached hydrogens (primary N) is 1. The van der Waals surface area contributed by atoms with Gasteiger partial charge in [0, 0.05) is 12.5 Å². The summed E-state index contributed by atoms with van der Waals surface area (Å²) in [5.74, 6) is -0.0114. The summed E-state index contributed by atoms with van der Waals surface area (Å²) in [6.07, 6.45) is 0.478. The number of rotatable bonds is 1. The average molecular weight is 156 g/mol. The highest BCUT2D eigenvalue weighted by molar-refractivity contribution is 5.90. The maximum atomic E-state index is 11.0. The number of hydrogen-bond acceptors (Lipinski definition) is 3. The number of amides is 1. The predicted octanol–water partition coefficient (Wildman–Crippen LogP) is -0.865. The zero-order valence-corrected chi connectivity index (χ0v) is 6.54. The maximum Gasteiger partial charge on any atom is 0.236 e. The van der Waals surface area contributed by atoms with Crippen LogP contribution in [0.4, 0.5) is 0 Å². The van der Waals surface area contributed by atoms with Crippen LogP contribution in [0.15, 0.2) is 0 Å². The monoisotopic (exact) mass is 156 g/mol. The molecule has 0 aromatic rings. The van der Waals surface area contributed by atoms with Crippen molar-refractivity contribution in [3.05, 3.63) is 0 Å². The van der Waals surface area contributed by atoms with Crippen molar-refractivity contribution in [1.82, 2.24) is 4.90 Å². The number of likely N-dealkylation sites (tertiary alicyclic amines) is 1. The molecule has 1 aliphatic heterocycles. The number of Topliss-reactive ketones (excluding diaryl/α,β-unsaturated/α-hetero) is 1. The molecule has 2 N–H and O–H groups in total. The lowest BCUT2D eigenvalue weighted by molar-refractivity contribution is -0.131. The van der Waals surface area contributed by atoms with Crippen molar-refractivity contribution in [2.45, 2.75) is 19.4 Å². The van der Waals surface area contributed by atoms with Crippen LogP contribution in [-0.2, 0) is 9.59 Å². The summed E-state index contributed by atoms with van der Waals surface area (Å²) in [6, 6.07) is 0.0403. The molecule has 1 amide bonds. The molecule has 11 heavy (non-hydrogen) atoms. The highest BCUT2D eigenvalue weighted by Gasteiger charge is 2.29. The van der Waals surface area contributed by atoms with Crippen molar-refractivity contribution in [3.63, 3.8) is 0 Å². The number of carbonyl (C=O) groups excluding carboxylic acids is 2. The van der Waals surface area contributed by atoms with Gasteiger partial charge in [-0.25, -0.2) is 0 Å². The van der Waals surface area contributed by atoms with Gasteiger partial charge in [-0.1, -0.05) is 0 Å². The normalized spacial score (nSPS) is 24.4. The van der Waals surface area contributed by atoms with E-state index in [1.165, 1.54) is 4.90 Å². The van der Waals surface area contributed by atoms with Crippen LogP contribution in [-0.4, -0.2) is 35.7 Å². The highest BCUT2D eigenvalue weighted by Crippen LogP contribution is 2.12. The van der Waals surface area contributed by atoms with Crippen molar-refractivity contribution in [2.75, 3.05) is 13.1 Å².